The van der Waals surface area contributed by atoms with Crippen molar-refractivity contribution in [2.45, 2.75) is 0 Å². The van der Waals surface area contributed by atoms with E-state index in [0.29, 0.717) is 41.1 Å². The number of carbonyl (C=O) groups excluding carboxylic acids is 1. The summed E-state index contributed by atoms with van der Waals surface area (Å²) >= 11 is 0. The fourth-order valence-corrected chi connectivity index (χ4v) is 3.30. The second-order valence-electron chi connectivity index (χ2n) is 7.02. The van der Waals surface area contributed by atoms with Gasteiger partial charge in [-0.2, -0.15) is 0 Å². The van der Waals surface area contributed by atoms with Crippen LogP contribution in [0, 0.1) is 0 Å². The van der Waals surface area contributed by atoms with Gasteiger partial charge in [-0.1, -0.05) is 12.1 Å². The van der Waals surface area contributed by atoms with Crippen molar-refractivity contribution in [2.24, 2.45) is 0 Å². The number of hydrogen-bond acceptors (Lipinski definition) is 6. The van der Waals surface area contributed by atoms with Crippen molar-refractivity contribution >= 4 is 17.1 Å². The van der Waals surface area contributed by atoms with E-state index in [0.717, 1.165) is 18.7 Å². The molecule has 0 atom stereocenters. The number of piperazine rings is 1. The van der Waals surface area contributed by atoms with Crippen molar-refractivity contribution in [3.63, 3.8) is 0 Å². The van der Waals surface area contributed by atoms with Crippen molar-refractivity contribution < 1.29 is 18.7 Å². The molecule has 0 aliphatic carbocycles. The molecule has 150 valence electrons. The zero-order valence-electron chi connectivity index (χ0n) is 16.4. The average Bonchev–Trinajstić information content (AvgIpc) is 2.74. The van der Waals surface area contributed by atoms with Crippen molar-refractivity contribution in [3.05, 3.63) is 59.0 Å². The van der Waals surface area contributed by atoms with Crippen LogP contribution in [-0.2, 0) is 0 Å². The molecule has 0 bridgehead atoms. The second kappa shape index (κ2) is 7.97. The van der Waals surface area contributed by atoms with E-state index in [-0.39, 0.29) is 5.43 Å². The lowest BCUT2D eigenvalue weighted by atomic mass is 10.1. The molecule has 2 heterocycles. The number of amides is 1. The number of fused-ring (bicyclic) bond motifs is 1. The molecule has 2 aromatic carbocycles. The van der Waals surface area contributed by atoms with Crippen LogP contribution >= 0.6 is 0 Å². The lowest BCUT2D eigenvalue weighted by molar-refractivity contribution is 0.120. The van der Waals surface area contributed by atoms with Gasteiger partial charge in [0.15, 0.2) is 5.43 Å². The molecule has 3 aromatic rings. The van der Waals surface area contributed by atoms with E-state index in [4.69, 9.17) is 13.9 Å². The Morgan fingerprint density at radius 1 is 1.00 bits per heavy atom. The molecule has 0 spiro atoms. The quantitative estimate of drug-likeness (QED) is 0.679. The molecule has 1 aliphatic rings. The van der Waals surface area contributed by atoms with E-state index in [1.165, 1.54) is 6.26 Å². The Labute approximate surface area is 168 Å². The first-order chi connectivity index (χ1) is 14.0. The summed E-state index contributed by atoms with van der Waals surface area (Å²) in [4.78, 5) is 29.1. The third kappa shape index (κ3) is 3.95. The SMILES string of the molecule is COc1ccc(-c2coc3cc(OC(=O)N4CCN(C)CC4)ccc3c2=O)cc1. The molecule has 0 unspecified atom stereocenters. The van der Waals surface area contributed by atoms with Gasteiger partial charge in [0.25, 0.3) is 0 Å². The van der Waals surface area contributed by atoms with Crippen LogP contribution < -0.4 is 14.9 Å². The van der Waals surface area contributed by atoms with Crippen LogP contribution in [0.2, 0.25) is 0 Å². The number of likely N-dealkylation sites (N-methyl/N-ethyl adjacent to an activating group) is 1. The Balaban J connectivity index is 1.57. The zero-order valence-corrected chi connectivity index (χ0v) is 16.4. The molecule has 1 fully saturated rings. The average molecular weight is 394 g/mol. The van der Waals surface area contributed by atoms with Crippen LogP contribution in [0.4, 0.5) is 4.79 Å². The molecule has 0 radical (unpaired) electrons. The largest absolute Gasteiger partial charge is 0.497 e. The Morgan fingerprint density at radius 2 is 1.69 bits per heavy atom. The molecular weight excluding hydrogens is 372 g/mol. The van der Waals surface area contributed by atoms with Gasteiger partial charge in [-0.05, 0) is 36.9 Å². The number of benzene rings is 2. The summed E-state index contributed by atoms with van der Waals surface area (Å²) in [7, 11) is 3.61. The highest BCUT2D eigenvalue weighted by molar-refractivity contribution is 5.83. The highest BCUT2D eigenvalue weighted by Crippen LogP contribution is 2.25. The molecule has 1 amide bonds. The van der Waals surface area contributed by atoms with Gasteiger partial charge in [0.05, 0.1) is 18.1 Å². The van der Waals surface area contributed by atoms with E-state index in [2.05, 4.69) is 4.90 Å². The van der Waals surface area contributed by atoms with Gasteiger partial charge < -0.3 is 23.7 Å². The first-order valence-electron chi connectivity index (χ1n) is 9.40. The molecule has 4 rings (SSSR count). The van der Waals surface area contributed by atoms with Crippen LogP contribution in [0.15, 0.2) is 57.9 Å². The van der Waals surface area contributed by atoms with Gasteiger partial charge in [-0.3, -0.25) is 4.79 Å². The second-order valence-corrected chi connectivity index (χ2v) is 7.02. The summed E-state index contributed by atoms with van der Waals surface area (Å²) in [5.41, 5.74) is 1.43. The molecule has 1 aliphatic heterocycles. The van der Waals surface area contributed by atoms with E-state index >= 15 is 0 Å². The van der Waals surface area contributed by atoms with Crippen molar-refractivity contribution in [1.82, 2.24) is 9.80 Å². The summed E-state index contributed by atoms with van der Waals surface area (Å²) in [6.45, 7) is 2.89. The Hall–Kier alpha value is -3.32. The summed E-state index contributed by atoms with van der Waals surface area (Å²) < 4.78 is 16.3. The van der Waals surface area contributed by atoms with Crippen LogP contribution in [0.1, 0.15) is 0 Å². The lowest BCUT2D eigenvalue weighted by Crippen LogP contribution is -2.48. The fourth-order valence-electron chi connectivity index (χ4n) is 3.30. The van der Waals surface area contributed by atoms with Crippen LogP contribution in [0.5, 0.6) is 11.5 Å². The van der Waals surface area contributed by atoms with Crippen molar-refractivity contribution in [3.8, 4) is 22.6 Å². The number of carbonyl (C=O) groups is 1. The Kier molecular flexibility index (Phi) is 5.22. The van der Waals surface area contributed by atoms with Gasteiger partial charge in [0.1, 0.15) is 23.3 Å². The minimum atomic E-state index is -0.394. The van der Waals surface area contributed by atoms with E-state index in [1.54, 1.807) is 42.3 Å². The van der Waals surface area contributed by atoms with Crippen LogP contribution in [0.3, 0.4) is 0 Å². The topological polar surface area (TPSA) is 72.2 Å². The van der Waals surface area contributed by atoms with E-state index in [1.807, 2.05) is 19.2 Å². The molecule has 7 nitrogen and oxygen atoms in total. The Bertz CT molecular complexity index is 1080. The maximum absolute atomic E-state index is 12.9. The summed E-state index contributed by atoms with van der Waals surface area (Å²) in [5, 5.41) is 0.428. The van der Waals surface area contributed by atoms with Gasteiger partial charge >= 0.3 is 6.09 Å². The molecule has 1 aromatic heterocycles. The maximum Gasteiger partial charge on any atom is 0.415 e. The van der Waals surface area contributed by atoms with Gasteiger partial charge in [0, 0.05) is 32.2 Å². The third-order valence-corrected chi connectivity index (χ3v) is 5.11. The van der Waals surface area contributed by atoms with E-state index in [9.17, 15) is 9.59 Å². The zero-order chi connectivity index (χ0) is 20.4. The minimum Gasteiger partial charge on any atom is -0.497 e. The van der Waals surface area contributed by atoms with E-state index < -0.39 is 6.09 Å². The normalized spacial score (nSPS) is 14.8. The van der Waals surface area contributed by atoms with Crippen LogP contribution in [0.25, 0.3) is 22.1 Å². The first kappa shape index (κ1) is 19.0. The number of methoxy groups -OCH3 is 1. The highest BCUT2D eigenvalue weighted by atomic mass is 16.6. The lowest BCUT2D eigenvalue weighted by Gasteiger charge is -2.31. The summed E-state index contributed by atoms with van der Waals surface area (Å²) in [6, 6.07) is 12.0. The molecule has 29 heavy (non-hydrogen) atoms. The highest BCUT2D eigenvalue weighted by Gasteiger charge is 2.21. The number of hydrogen-bond donors (Lipinski definition) is 0. The molecular formula is C22H22N2O5. The standard InChI is InChI=1S/C22H22N2O5/c1-23-9-11-24(12-10-23)22(26)29-17-7-8-18-20(13-17)28-14-19(21(18)25)15-3-5-16(27-2)6-4-15/h3-8,13-14H,9-12H2,1-2H3. The van der Waals surface area contributed by atoms with Crippen molar-refractivity contribution in [2.75, 3.05) is 40.3 Å². The number of nitrogens with zero attached hydrogens (tertiary/aromatic N) is 2. The van der Waals surface area contributed by atoms with Gasteiger partial charge in [-0.15, -0.1) is 0 Å². The Morgan fingerprint density at radius 3 is 2.38 bits per heavy atom. The maximum atomic E-state index is 12.9. The fraction of sp³-hybridized carbons (Fsp3) is 0.273. The molecule has 7 heteroatoms. The summed E-state index contributed by atoms with van der Waals surface area (Å²) in [6.07, 6.45) is 1.04. The number of rotatable bonds is 3. The third-order valence-electron chi connectivity index (χ3n) is 5.11. The molecule has 0 N–H and O–H groups in total. The molecule has 0 saturated carbocycles. The predicted octanol–water partition coefficient (Wildman–Crippen LogP) is 3.21. The smallest absolute Gasteiger partial charge is 0.415 e. The minimum absolute atomic E-state index is 0.145. The van der Waals surface area contributed by atoms with Crippen molar-refractivity contribution in [1.29, 1.82) is 0 Å². The molecule has 1 saturated heterocycles. The first-order valence-corrected chi connectivity index (χ1v) is 9.40. The monoisotopic (exact) mass is 394 g/mol. The van der Waals surface area contributed by atoms with Gasteiger partial charge in [0.2, 0.25) is 0 Å². The summed E-state index contributed by atoms with van der Waals surface area (Å²) in [5.74, 6) is 1.06. The predicted molar refractivity (Wildman–Crippen MR) is 110 cm³/mol. The van der Waals surface area contributed by atoms with Gasteiger partial charge in [-0.25, -0.2) is 4.79 Å². The number of ether oxygens (including phenoxy) is 2. The van der Waals surface area contributed by atoms with Crippen LogP contribution in [-0.4, -0.2) is 56.2 Å².